The third-order valence-corrected chi connectivity index (χ3v) is 2.27. The third-order valence-electron chi connectivity index (χ3n) is 1.97. The van der Waals surface area contributed by atoms with Crippen LogP contribution in [-0.4, -0.2) is 6.54 Å². The van der Waals surface area contributed by atoms with Crippen LogP contribution in [0.2, 0.25) is 5.02 Å². The first-order valence-electron chi connectivity index (χ1n) is 4.52. The van der Waals surface area contributed by atoms with E-state index < -0.39 is 0 Å². The van der Waals surface area contributed by atoms with E-state index in [4.69, 9.17) is 16.9 Å². The van der Waals surface area contributed by atoms with E-state index in [1.807, 2.05) is 19.9 Å². The van der Waals surface area contributed by atoms with Crippen LogP contribution in [0.25, 0.3) is 0 Å². The summed E-state index contributed by atoms with van der Waals surface area (Å²) in [7, 11) is 0. The first-order valence-corrected chi connectivity index (χ1v) is 4.90. The Hall–Kier alpha value is -1.20. The van der Waals surface area contributed by atoms with E-state index >= 15 is 0 Å². The molecule has 0 aliphatic carbocycles. The number of anilines is 1. The van der Waals surface area contributed by atoms with Crippen molar-refractivity contribution in [1.82, 2.24) is 0 Å². The van der Waals surface area contributed by atoms with Crippen LogP contribution in [0, 0.1) is 25.2 Å². The second kappa shape index (κ2) is 4.88. The summed E-state index contributed by atoms with van der Waals surface area (Å²) < 4.78 is 0. The zero-order valence-corrected chi connectivity index (χ0v) is 9.15. The van der Waals surface area contributed by atoms with E-state index in [2.05, 4.69) is 17.5 Å². The molecule has 0 heterocycles. The molecule has 1 rings (SSSR count). The van der Waals surface area contributed by atoms with Gasteiger partial charge in [-0.2, -0.15) is 5.26 Å². The lowest BCUT2D eigenvalue weighted by Crippen LogP contribution is -2.02. The van der Waals surface area contributed by atoms with Crippen molar-refractivity contribution in [2.75, 3.05) is 11.9 Å². The summed E-state index contributed by atoms with van der Waals surface area (Å²) >= 11 is 6.07. The molecule has 0 saturated carbocycles. The molecule has 0 radical (unpaired) electrons. The number of halogens is 1. The van der Waals surface area contributed by atoms with Gasteiger partial charge < -0.3 is 5.32 Å². The largest absolute Gasteiger partial charge is 0.383 e. The minimum Gasteiger partial charge on any atom is -0.383 e. The number of aryl methyl sites for hydroxylation is 2. The Morgan fingerprint density at radius 1 is 1.43 bits per heavy atom. The topological polar surface area (TPSA) is 35.8 Å². The van der Waals surface area contributed by atoms with Crippen LogP contribution in [0.3, 0.4) is 0 Å². The maximum Gasteiger partial charge on any atom is 0.0642 e. The van der Waals surface area contributed by atoms with Gasteiger partial charge in [-0.1, -0.05) is 17.7 Å². The van der Waals surface area contributed by atoms with E-state index in [1.165, 1.54) is 0 Å². The molecule has 0 saturated heterocycles. The van der Waals surface area contributed by atoms with Gasteiger partial charge in [-0.25, -0.2) is 0 Å². The normalized spacial score (nSPS) is 9.57. The summed E-state index contributed by atoms with van der Waals surface area (Å²) in [6.45, 7) is 4.66. The van der Waals surface area contributed by atoms with Crippen molar-refractivity contribution in [3.8, 4) is 6.07 Å². The van der Waals surface area contributed by atoms with Crippen LogP contribution < -0.4 is 5.32 Å². The molecule has 0 bridgehead atoms. The zero-order chi connectivity index (χ0) is 10.6. The highest BCUT2D eigenvalue weighted by atomic mass is 35.5. The number of benzene rings is 1. The molecule has 0 spiro atoms. The fourth-order valence-corrected chi connectivity index (χ4v) is 1.77. The van der Waals surface area contributed by atoms with Gasteiger partial charge in [0.25, 0.3) is 0 Å². The summed E-state index contributed by atoms with van der Waals surface area (Å²) in [5.41, 5.74) is 3.21. The fraction of sp³-hybridized carbons (Fsp3) is 0.364. The van der Waals surface area contributed by atoms with E-state index in [0.29, 0.717) is 13.0 Å². The maximum atomic E-state index is 8.40. The minimum atomic E-state index is 0.490. The molecule has 74 valence electrons. The number of nitrogens with zero attached hydrogens (tertiary/aromatic N) is 1. The molecule has 0 fully saturated rings. The van der Waals surface area contributed by atoms with Crippen molar-refractivity contribution in [1.29, 1.82) is 5.26 Å². The number of nitriles is 1. The van der Waals surface area contributed by atoms with Crippen molar-refractivity contribution in [3.63, 3.8) is 0 Å². The van der Waals surface area contributed by atoms with Gasteiger partial charge in [-0.3, -0.25) is 0 Å². The van der Waals surface area contributed by atoms with Gasteiger partial charge in [0, 0.05) is 6.54 Å². The molecule has 0 amide bonds. The molecule has 0 aromatic heterocycles. The molecule has 1 aromatic carbocycles. The monoisotopic (exact) mass is 208 g/mol. The number of hydrogen-bond donors (Lipinski definition) is 1. The summed E-state index contributed by atoms with van der Waals surface area (Å²) in [5.74, 6) is 0. The maximum absolute atomic E-state index is 8.40. The Morgan fingerprint density at radius 2 is 2.14 bits per heavy atom. The van der Waals surface area contributed by atoms with Crippen molar-refractivity contribution < 1.29 is 0 Å². The van der Waals surface area contributed by atoms with Gasteiger partial charge in [0.2, 0.25) is 0 Å². The average molecular weight is 209 g/mol. The molecule has 1 aromatic rings. The summed E-state index contributed by atoms with van der Waals surface area (Å²) in [5, 5.41) is 12.3. The van der Waals surface area contributed by atoms with Crippen molar-refractivity contribution in [2.45, 2.75) is 20.3 Å². The smallest absolute Gasteiger partial charge is 0.0642 e. The summed E-state index contributed by atoms with van der Waals surface area (Å²) in [4.78, 5) is 0. The first kappa shape index (κ1) is 10.9. The van der Waals surface area contributed by atoms with Gasteiger partial charge in [0.1, 0.15) is 0 Å². The standard InChI is InChI=1S/C11H13ClN2/c1-8-6-9(2)11(10(12)7-8)14-5-3-4-13/h6-7,14H,3,5H2,1-2H3. The zero-order valence-electron chi connectivity index (χ0n) is 8.39. The Kier molecular flexibility index (Phi) is 3.79. The molecule has 0 atom stereocenters. The lowest BCUT2D eigenvalue weighted by atomic mass is 10.1. The van der Waals surface area contributed by atoms with Gasteiger partial charge >= 0.3 is 0 Å². The van der Waals surface area contributed by atoms with Crippen LogP contribution in [0.5, 0.6) is 0 Å². The SMILES string of the molecule is Cc1cc(C)c(NCCC#N)c(Cl)c1. The quantitative estimate of drug-likeness (QED) is 0.774. The van der Waals surface area contributed by atoms with E-state index in [1.54, 1.807) is 0 Å². The predicted octanol–water partition coefficient (Wildman–Crippen LogP) is 3.28. The number of rotatable bonds is 3. The highest BCUT2D eigenvalue weighted by Gasteiger charge is 2.03. The lowest BCUT2D eigenvalue weighted by Gasteiger charge is -2.11. The lowest BCUT2D eigenvalue weighted by molar-refractivity contribution is 1.07. The van der Waals surface area contributed by atoms with Gasteiger partial charge in [-0.05, 0) is 31.0 Å². The third kappa shape index (κ3) is 2.65. The predicted molar refractivity (Wildman–Crippen MR) is 59.6 cm³/mol. The Balaban J connectivity index is 2.81. The molecule has 0 aliphatic rings. The van der Waals surface area contributed by atoms with Crippen molar-refractivity contribution >= 4 is 17.3 Å². The fourth-order valence-electron chi connectivity index (χ4n) is 1.38. The van der Waals surface area contributed by atoms with Gasteiger partial charge in [-0.15, -0.1) is 0 Å². The van der Waals surface area contributed by atoms with E-state index in [0.717, 1.165) is 21.8 Å². The second-order valence-electron chi connectivity index (χ2n) is 3.27. The van der Waals surface area contributed by atoms with E-state index in [9.17, 15) is 0 Å². The van der Waals surface area contributed by atoms with Gasteiger partial charge in [0.05, 0.1) is 23.2 Å². The Labute approximate surface area is 89.5 Å². The molecule has 2 nitrogen and oxygen atoms in total. The van der Waals surface area contributed by atoms with Crippen LogP contribution in [0.4, 0.5) is 5.69 Å². The average Bonchev–Trinajstić information content (AvgIpc) is 2.09. The van der Waals surface area contributed by atoms with Crippen LogP contribution in [0.1, 0.15) is 17.5 Å². The molecule has 0 aliphatic heterocycles. The molecule has 1 N–H and O–H groups in total. The van der Waals surface area contributed by atoms with E-state index in [-0.39, 0.29) is 0 Å². The Morgan fingerprint density at radius 3 is 2.71 bits per heavy atom. The van der Waals surface area contributed by atoms with Gasteiger partial charge in [0.15, 0.2) is 0 Å². The summed E-state index contributed by atoms with van der Waals surface area (Å²) in [6, 6.07) is 6.07. The van der Waals surface area contributed by atoms with Crippen LogP contribution in [-0.2, 0) is 0 Å². The molecule has 3 heteroatoms. The molecular formula is C11H13ClN2. The highest BCUT2D eigenvalue weighted by molar-refractivity contribution is 6.33. The first-order chi connectivity index (χ1) is 6.65. The van der Waals surface area contributed by atoms with Crippen molar-refractivity contribution in [3.05, 3.63) is 28.3 Å². The number of hydrogen-bond acceptors (Lipinski definition) is 2. The van der Waals surface area contributed by atoms with Crippen LogP contribution in [0.15, 0.2) is 12.1 Å². The summed E-state index contributed by atoms with van der Waals surface area (Å²) in [6.07, 6.45) is 0.490. The minimum absolute atomic E-state index is 0.490. The molecule has 0 unspecified atom stereocenters. The van der Waals surface area contributed by atoms with Crippen molar-refractivity contribution in [2.24, 2.45) is 0 Å². The Bertz CT molecular complexity index is 343. The molecule has 14 heavy (non-hydrogen) atoms. The highest BCUT2D eigenvalue weighted by Crippen LogP contribution is 2.26. The van der Waals surface area contributed by atoms with Crippen LogP contribution >= 0.6 is 11.6 Å². The number of nitrogens with one attached hydrogen (secondary N) is 1. The second-order valence-corrected chi connectivity index (χ2v) is 3.68. The molecular weight excluding hydrogens is 196 g/mol.